The van der Waals surface area contributed by atoms with Crippen LogP contribution in [-0.2, 0) is 6.54 Å². The molecule has 0 aliphatic carbocycles. The van der Waals surface area contributed by atoms with E-state index in [-0.39, 0.29) is 5.56 Å². The average Bonchev–Trinajstić information content (AvgIpc) is 2.58. The number of aromatic nitrogens is 2. The lowest BCUT2D eigenvalue weighted by Gasteiger charge is -2.10. The molecule has 112 valence electrons. The Morgan fingerprint density at radius 1 is 0.957 bits per heavy atom. The highest BCUT2D eigenvalue weighted by Crippen LogP contribution is 2.21. The predicted molar refractivity (Wildman–Crippen MR) is 96.8 cm³/mol. The summed E-state index contributed by atoms with van der Waals surface area (Å²) in [5, 5.41) is 2.77. The Labute approximate surface area is 141 Å². The van der Waals surface area contributed by atoms with Crippen LogP contribution in [0.3, 0.4) is 0 Å². The lowest BCUT2D eigenvalue weighted by molar-refractivity contribution is 0.762. The second-order valence-corrected chi connectivity index (χ2v) is 6.22. The molecular formula is C19H13BrN2O. The number of rotatable bonds is 2. The van der Waals surface area contributed by atoms with Crippen LogP contribution in [0.15, 0.2) is 76.3 Å². The third-order valence-corrected chi connectivity index (χ3v) is 4.66. The quantitative estimate of drug-likeness (QED) is 0.495. The molecule has 0 aliphatic rings. The lowest BCUT2D eigenvalue weighted by atomic mass is 10.1. The Hall–Kier alpha value is -2.46. The maximum Gasteiger partial charge on any atom is 0.258 e. The average molecular weight is 365 g/mol. The number of hydrogen-bond acceptors (Lipinski definition) is 2. The molecule has 4 rings (SSSR count). The van der Waals surface area contributed by atoms with Gasteiger partial charge in [-0.3, -0.25) is 4.79 Å². The number of fused-ring (bicyclic) bond motifs is 2. The fourth-order valence-corrected chi connectivity index (χ4v) is 3.22. The Bertz CT molecular complexity index is 1090. The van der Waals surface area contributed by atoms with Gasteiger partial charge in [0.1, 0.15) is 4.60 Å². The Morgan fingerprint density at radius 2 is 1.70 bits per heavy atom. The number of hydrogen-bond donors (Lipinski definition) is 0. The van der Waals surface area contributed by atoms with E-state index in [1.54, 1.807) is 4.57 Å². The second-order valence-electron chi connectivity index (χ2n) is 5.47. The zero-order valence-electron chi connectivity index (χ0n) is 12.2. The molecule has 2 heterocycles. The Balaban J connectivity index is 1.83. The fraction of sp³-hybridized carbons (Fsp3) is 0.0526. The smallest absolute Gasteiger partial charge is 0.258 e. The molecule has 4 heteroatoms. The summed E-state index contributed by atoms with van der Waals surface area (Å²) in [6.45, 7) is 0.488. The summed E-state index contributed by atoms with van der Waals surface area (Å²) in [7, 11) is 0. The van der Waals surface area contributed by atoms with Crippen molar-refractivity contribution in [3.05, 3.63) is 87.4 Å². The predicted octanol–water partition coefficient (Wildman–Crippen LogP) is 4.36. The molecule has 0 fully saturated rings. The molecule has 2 aromatic carbocycles. The molecule has 0 amide bonds. The van der Waals surface area contributed by atoms with Crippen molar-refractivity contribution in [3.63, 3.8) is 0 Å². The molecule has 0 bridgehead atoms. The third kappa shape index (κ3) is 2.55. The van der Waals surface area contributed by atoms with E-state index in [2.05, 4.69) is 27.0 Å². The number of benzene rings is 2. The molecule has 23 heavy (non-hydrogen) atoms. The van der Waals surface area contributed by atoms with E-state index in [0.29, 0.717) is 6.54 Å². The monoisotopic (exact) mass is 364 g/mol. The van der Waals surface area contributed by atoms with Gasteiger partial charge in [-0.25, -0.2) is 4.98 Å². The lowest BCUT2D eigenvalue weighted by Crippen LogP contribution is -2.20. The van der Waals surface area contributed by atoms with Crippen LogP contribution in [-0.4, -0.2) is 9.55 Å². The van der Waals surface area contributed by atoms with E-state index in [4.69, 9.17) is 0 Å². The van der Waals surface area contributed by atoms with Crippen LogP contribution in [0.1, 0.15) is 5.56 Å². The van der Waals surface area contributed by atoms with Gasteiger partial charge in [-0.2, -0.15) is 0 Å². The first-order valence-electron chi connectivity index (χ1n) is 7.35. The van der Waals surface area contributed by atoms with Gasteiger partial charge >= 0.3 is 0 Å². The van der Waals surface area contributed by atoms with Crippen LogP contribution in [0, 0.1) is 0 Å². The van der Waals surface area contributed by atoms with Crippen LogP contribution in [0.4, 0.5) is 0 Å². The number of para-hydroxylation sites is 1. The van der Waals surface area contributed by atoms with Crippen LogP contribution in [0.25, 0.3) is 21.7 Å². The minimum atomic E-state index is 0.0168. The summed E-state index contributed by atoms with van der Waals surface area (Å²) in [4.78, 5) is 17.2. The maximum absolute atomic E-state index is 12.6. The normalized spacial score (nSPS) is 11.2. The SMILES string of the molecule is O=c1c2ccccc2ccn1Cc1cc2ccccc2nc1Br. The van der Waals surface area contributed by atoms with Gasteiger partial charge in [-0.15, -0.1) is 0 Å². The Kier molecular flexibility index (Phi) is 3.46. The van der Waals surface area contributed by atoms with Crippen LogP contribution >= 0.6 is 15.9 Å². The first-order chi connectivity index (χ1) is 11.2. The molecule has 4 aromatic rings. The molecular weight excluding hydrogens is 352 g/mol. The molecule has 0 atom stereocenters. The minimum Gasteiger partial charge on any atom is -0.310 e. The van der Waals surface area contributed by atoms with Crippen LogP contribution in [0.2, 0.25) is 0 Å². The zero-order chi connectivity index (χ0) is 15.8. The highest BCUT2D eigenvalue weighted by Gasteiger charge is 2.08. The van der Waals surface area contributed by atoms with Crippen molar-refractivity contribution < 1.29 is 0 Å². The third-order valence-electron chi connectivity index (χ3n) is 3.98. The first-order valence-corrected chi connectivity index (χ1v) is 8.14. The van der Waals surface area contributed by atoms with Gasteiger partial charge in [0, 0.05) is 22.5 Å². The van der Waals surface area contributed by atoms with E-state index in [1.165, 1.54) is 0 Å². The van der Waals surface area contributed by atoms with Gasteiger partial charge in [-0.1, -0.05) is 36.4 Å². The van der Waals surface area contributed by atoms with E-state index in [1.807, 2.05) is 60.8 Å². The molecule has 0 spiro atoms. The van der Waals surface area contributed by atoms with Gasteiger partial charge < -0.3 is 4.57 Å². The zero-order valence-corrected chi connectivity index (χ0v) is 13.8. The van der Waals surface area contributed by atoms with Gasteiger partial charge in [-0.05, 0) is 45.6 Å². The summed E-state index contributed by atoms with van der Waals surface area (Å²) in [5.74, 6) is 0. The second kappa shape index (κ2) is 5.63. The summed E-state index contributed by atoms with van der Waals surface area (Å²) >= 11 is 3.52. The molecule has 0 aliphatic heterocycles. The summed E-state index contributed by atoms with van der Waals surface area (Å²) in [5.41, 5.74) is 1.94. The summed E-state index contributed by atoms with van der Waals surface area (Å²) in [6.07, 6.45) is 1.84. The summed E-state index contributed by atoms with van der Waals surface area (Å²) < 4.78 is 2.50. The largest absolute Gasteiger partial charge is 0.310 e. The molecule has 3 nitrogen and oxygen atoms in total. The van der Waals surface area contributed by atoms with Crippen molar-refractivity contribution in [1.82, 2.24) is 9.55 Å². The van der Waals surface area contributed by atoms with Crippen molar-refractivity contribution in [3.8, 4) is 0 Å². The maximum atomic E-state index is 12.6. The molecule has 0 saturated carbocycles. The van der Waals surface area contributed by atoms with Crippen molar-refractivity contribution in [2.45, 2.75) is 6.54 Å². The van der Waals surface area contributed by atoms with Crippen molar-refractivity contribution >= 4 is 37.6 Å². The van der Waals surface area contributed by atoms with Crippen LogP contribution in [0.5, 0.6) is 0 Å². The molecule has 0 saturated heterocycles. The van der Waals surface area contributed by atoms with Crippen molar-refractivity contribution in [2.24, 2.45) is 0 Å². The standard InChI is InChI=1S/C19H13BrN2O/c20-18-15(11-14-6-2-4-8-17(14)21-18)12-22-10-9-13-5-1-3-7-16(13)19(22)23/h1-11H,12H2. The van der Waals surface area contributed by atoms with E-state index < -0.39 is 0 Å². The number of halogens is 1. The van der Waals surface area contributed by atoms with E-state index >= 15 is 0 Å². The van der Waals surface area contributed by atoms with Gasteiger partial charge in [0.15, 0.2) is 0 Å². The van der Waals surface area contributed by atoms with Crippen molar-refractivity contribution in [2.75, 3.05) is 0 Å². The van der Waals surface area contributed by atoms with Gasteiger partial charge in [0.25, 0.3) is 5.56 Å². The van der Waals surface area contributed by atoms with Gasteiger partial charge in [0.2, 0.25) is 0 Å². The number of nitrogens with zero attached hydrogens (tertiary/aromatic N) is 2. The highest BCUT2D eigenvalue weighted by molar-refractivity contribution is 9.10. The number of pyridine rings is 2. The molecule has 0 N–H and O–H groups in total. The highest BCUT2D eigenvalue weighted by atomic mass is 79.9. The first kappa shape index (κ1) is 14.2. The van der Waals surface area contributed by atoms with E-state index in [0.717, 1.165) is 31.8 Å². The van der Waals surface area contributed by atoms with E-state index in [9.17, 15) is 4.79 Å². The van der Waals surface area contributed by atoms with Crippen LogP contribution < -0.4 is 5.56 Å². The molecule has 0 unspecified atom stereocenters. The molecule has 2 aromatic heterocycles. The molecule has 0 radical (unpaired) electrons. The Morgan fingerprint density at radius 3 is 2.57 bits per heavy atom. The minimum absolute atomic E-state index is 0.0168. The van der Waals surface area contributed by atoms with Gasteiger partial charge in [0.05, 0.1) is 12.1 Å². The summed E-state index contributed by atoms with van der Waals surface area (Å²) in [6, 6.07) is 19.7. The van der Waals surface area contributed by atoms with Crippen molar-refractivity contribution in [1.29, 1.82) is 0 Å². The topological polar surface area (TPSA) is 34.9 Å². The fourth-order valence-electron chi connectivity index (χ4n) is 2.78.